The van der Waals surface area contributed by atoms with Crippen molar-refractivity contribution < 1.29 is 8.42 Å². The van der Waals surface area contributed by atoms with Crippen LogP contribution in [0.15, 0.2) is 23.1 Å². The molecule has 0 fully saturated rings. The molecule has 1 aromatic rings. The molecule has 0 radical (unpaired) electrons. The van der Waals surface area contributed by atoms with Gasteiger partial charge in [-0.3, -0.25) is 0 Å². The molecule has 0 heterocycles. The Kier molecular flexibility index (Phi) is 2.83. The van der Waals surface area contributed by atoms with Gasteiger partial charge >= 0.3 is 0 Å². The third-order valence-electron chi connectivity index (χ3n) is 1.73. The van der Waals surface area contributed by atoms with E-state index in [0.29, 0.717) is 17.7 Å². The molecule has 0 unspecified atom stereocenters. The standard InChI is InChI=1S/C8H10ClNO2S/c1-2-6-3-4-7(10)5-8(6)13(9,11)12/h3-5H,2,10H2,1H3. The third-order valence-corrected chi connectivity index (χ3v) is 3.14. The number of halogens is 1. The van der Waals surface area contributed by atoms with Gasteiger partial charge in [-0.25, -0.2) is 8.42 Å². The van der Waals surface area contributed by atoms with Crippen LogP contribution in [0.2, 0.25) is 0 Å². The third kappa shape index (κ3) is 2.35. The van der Waals surface area contributed by atoms with Gasteiger partial charge < -0.3 is 5.73 Å². The average molecular weight is 220 g/mol. The van der Waals surface area contributed by atoms with Crippen molar-refractivity contribution in [2.45, 2.75) is 18.2 Å². The molecule has 72 valence electrons. The first-order chi connectivity index (χ1) is 5.95. The van der Waals surface area contributed by atoms with Crippen LogP contribution in [0.1, 0.15) is 12.5 Å². The summed E-state index contributed by atoms with van der Waals surface area (Å²) in [6, 6.07) is 4.70. The molecule has 0 saturated heterocycles. The van der Waals surface area contributed by atoms with Crippen molar-refractivity contribution >= 4 is 25.4 Å². The minimum Gasteiger partial charge on any atom is -0.399 e. The second-order valence-corrected chi connectivity index (χ2v) is 5.19. The van der Waals surface area contributed by atoms with Gasteiger partial charge in [0, 0.05) is 16.4 Å². The van der Waals surface area contributed by atoms with Crippen LogP contribution in [0, 0.1) is 0 Å². The smallest absolute Gasteiger partial charge is 0.261 e. The van der Waals surface area contributed by atoms with Crippen LogP contribution < -0.4 is 5.73 Å². The predicted molar refractivity (Wildman–Crippen MR) is 53.3 cm³/mol. The molecule has 0 spiro atoms. The van der Waals surface area contributed by atoms with Crippen molar-refractivity contribution in [3.05, 3.63) is 23.8 Å². The number of nitrogen functional groups attached to an aromatic ring is 1. The molecule has 1 rings (SSSR count). The van der Waals surface area contributed by atoms with Crippen molar-refractivity contribution in [3.63, 3.8) is 0 Å². The number of benzene rings is 1. The van der Waals surface area contributed by atoms with Crippen LogP contribution in [0.3, 0.4) is 0 Å². The van der Waals surface area contributed by atoms with Gasteiger partial charge in [0.15, 0.2) is 0 Å². The number of rotatable bonds is 2. The Balaban J connectivity index is 3.41. The van der Waals surface area contributed by atoms with Crippen molar-refractivity contribution in [1.29, 1.82) is 0 Å². The first kappa shape index (κ1) is 10.3. The molecule has 0 saturated carbocycles. The summed E-state index contributed by atoms with van der Waals surface area (Å²) in [7, 11) is 1.56. The van der Waals surface area contributed by atoms with Crippen LogP contribution in [-0.4, -0.2) is 8.42 Å². The van der Waals surface area contributed by atoms with Crippen LogP contribution in [-0.2, 0) is 15.5 Å². The average Bonchev–Trinajstić information content (AvgIpc) is 2.03. The topological polar surface area (TPSA) is 60.2 Å². The van der Waals surface area contributed by atoms with Crippen molar-refractivity contribution in [2.75, 3.05) is 5.73 Å². The Morgan fingerprint density at radius 3 is 2.54 bits per heavy atom. The lowest BCUT2D eigenvalue weighted by molar-refractivity contribution is 0.608. The summed E-state index contributed by atoms with van der Waals surface area (Å²) in [4.78, 5) is 0.108. The maximum atomic E-state index is 11.1. The summed E-state index contributed by atoms with van der Waals surface area (Å²) in [5.41, 5.74) is 6.54. The summed E-state index contributed by atoms with van der Waals surface area (Å²) in [6.45, 7) is 1.86. The number of aryl methyl sites for hydroxylation is 1. The summed E-state index contributed by atoms with van der Waals surface area (Å²) < 4.78 is 22.1. The fourth-order valence-electron chi connectivity index (χ4n) is 1.09. The Morgan fingerprint density at radius 1 is 1.46 bits per heavy atom. The molecular formula is C8H10ClNO2S. The Morgan fingerprint density at radius 2 is 2.08 bits per heavy atom. The van der Waals surface area contributed by atoms with Gasteiger partial charge in [0.25, 0.3) is 9.05 Å². The molecule has 0 atom stereocenters. The van der Waals surface area contributed by atoms with Crippen molar-refractivity contribution in [2.24, 2.45) is 0 Å². The van der Waals surface area contributed by atoms with Gasteiger partial charge in [0.2, 0.25) is 0 Å². The zero-order valence-corrected chi connectivity index (χ0v) is 8.69. The van der Waals surface area contributed by atoms with E-state index in [1.807, 2.05) is 6.92 Å². The van der Waals surface area contributed by atoms with E-state index in [2.05, 4.69) is 0 Å². The summed E-state index contributed by atoms with van der Waals surface area (Å²) in [5.74, 6) is 0. The van der Waals surface area contributed by atoms with E-state index in [1.165, 1.54) is 6.07 Å². The molecular weight excluding hydrogens is 210 g/mol. The highest BCUT2D eigenvalue weighted by molar-refractivity contribution is 8.13. The fourth-order valence-corrected chi connectivity index (χ4v) is 2.32. The second kappa shape index (κ2) is 3.55. The Hall–Kier alpha value is -0.740. The summed E-state index contributed by atoms with van der Waals surface area (Å²) in [5, 5.41) is 0. The summed E-state index contributed by atoms with van der Waals surface area (Å²) in [6.07, 6.45) is 0.613. The maximum Gasteiger partial charge on any atom is 0.261 e. The number of hydrogen-bond acceptors (Lipinski definition) is 3. The lowest BCUT2D eigenvalue weighted by Crippen LogP contribution is -1.98. The molecule has 3 nitrogen and oxygen atoms in total. The zero-order chi connectivity index (χ0) is 10.1. The molecule has 0 aliphatic rings. The van der Waals surface area contributed by atoms with Crippen LogP contribution >= 0.6 is 10.7 Å². The van der Waals surface area contributed by atoms with E-state index in [-0.39, 0.29) is 4.90 Å². The largest absolute Gasteiger partial charge is 0.399 e. The first-order valence-electron chi connectivity index (χ1n) is 3.78. The highest BCUT2D eigenvalue weighted by atomic mass is 35.7. The molecule has 13 heavy (non-hydrogen) atoms. The number of nitrogens with two attached hydrogens (primary N) is 1. The molecule has 0 aliphatic heterocycles. The van der Waals surface area contributed by atoms with E-state index in [0.717, 1.165) is 0 Å². The quantitative estimate of drug-likeness (QED) is 0.609. The van der Waals surface area contributed by atoms with E-state index in [9.17, 15) is 8.42 Å². The normalized spacial score (nSPS) is 11.5. The molecule has 1 aromatic carbocycles. The van der Waals surface area contributed by atoms with Gasteiger partial charge in [0.1, 0.15) is 0 Å². The molecule has 5 heteroatoms. The highest BCUT2D eigenvalue weighted by Gasteiger charge is 2.14. The van der Waals surface area contributed by atoms with Crippen molar-refractivity contribution in [3.8, 4) is 0 Å². The zero-order valence-electron chi connectivity index (χ0n) is 7.12. The maximum absolute atomic E-state index is 11.1. The Bertz CT molecular complexity index is 414. The fraction of sp³-hybridized carbons (Fsp3) is 0.250. The van der Waals surface area contributed by atoms with Gasteiger partial charge in [-0.05, 0) is 24.1 Å². The van der Waals surface area contributed by atoms with Gasteiger partial charge in [-0.1, -0.05) is 13.0 Å². The SMILES string of the molecule is CCc1ccc(N)cc1S(=O)(=O)Cl. The predicted octanol–water partition coefficient (Wildman–Crippen LogP) is 1.76. The molecule has 2 N–H and O–H groups in total. The second-order valence-electron chi connectivity index (χ2n) is 2.66. The minimum absolute atomic E-state index is 0.108. The minimum atomic E-state index is -3.68. The summed E-state index contributed by atoms with van der Waals surface area (Å²) >= 11 is 0. The van der Waals surface area contributed by atoms with Gasteiger partial charge in [-0.2, -0.15) is 0 Å². The number of anilines is 1. The van der Waals surface area contributed by atoms with E-state index >= 15 is 0 Å². The van der Waals surface area contributed by atoms with Crippen LogP contribution in [0.5, 0.6) is 0 Å². The van der Waals surface area contributed by atoms with Gasteiger partial charge in [-0.15, -0.1) is 0 Å². The lowest BCUT2D eigenvalue weighted by Gasteiger charge is -2.04. The van der Waals surface area contributed by atoms with Gasteiger partial charge in [0.05, 0.1) is 4.90 Å². The number of hydrogen-bond donors (Lipinski definition) is 1. The highest BCUT2D eigenvalue weighted by Crippen LogP contribution is 2.22. The monoisotopic (exact) mass is 219 g/mol. The van der Waals surface area contributed by atoms with E-state index in [1.54, 1.807) is 12.1 Å². The molecule has 0 bridgehead atoms. The van der Waals surface area contributed by atoms with E-state index in [4.69, 9.17) is 16.4 Å². The van der Waals surface area contributed by atoms with E-state index < -0.39 is 9.05 Å². The van der Waals surface area contributed by atoms with Crippen LogP contribution in [0.4, 0.5) is 5.69 Å². The molecule has 0 aromatic heterocycles. The lowest BCUT2D eigenvalue weighted by atomic mass is 10.1. The molecule has 0 aliphatic carbocycles. The first-order valence-corrected chi connectivity index (χ1v) is 6.09. The van der Waals surface area contributed by atoms with Crippen LogP contribution in [0.25, 0.3) is 0 Å². The molecule has 0 amide bonds. The Labute approximate surface area is 81.9 Å². The van der Waals surface area contributed by atoms with Crippen molar-refractivity contribution in [1.82, 2.24) is 0 Å².